The zero-order chi connectivity index (χ0) is 20.5. The van der Waals surface area contributed by atoms with Crippen molar-refractivity contribution in [2.24, 2.45) is 0 Å². The molecule has 0 bridgehead atoms. The number of nitrogens with zero attached hydrogens (tertiary/aromatic N) is 4. The maximum atomic E-state index is 5.72. The van der Waals surface area contributed by atoms with Gasteiger partial charge in [0.2, 0.25) is 5.95 Å². The summed E-state index contributed by atoms with van der Waals surface area (Å²) in [5.41, 5.74) is 11.1. The Kier molecular flexibility index (Phi) is 4.33. The number of nitrogens with two attached hydrogens (primary N) is 1. The molecule has 146 valence electrons. The highest BCUT2D eigenvalue weighted by atomic mass is 16.5. The molecule has 5 rings (SSSR count). The van der Waals surface area contributed by atoms with Gasteiger partial charge in [0.15, 0.2) is 5.76 Å². The van der Waals surface area contributed by atoms with Crippen LogP contribution in [-0.2, 0) is 0 Å². The molecule has 0 aliphatic rings. The lowest BCUT2D eigenvalue weighted by atomic mass is 10.0. The summed E-state index contributed by atoms with van der Waals surface area (Å²) in [6.45, 7) is 0. The van der Waals surface area contributed by atoms with E-state index in [1.54, 1.807) is 25.7 Å². The van der Waals surface area contributed by atoms with E-state index in [-0.39, 0.29) is 5.95 Å². The van der Waals surface area contributed by atoms with E-state index in [1.165, 1.54) is 0 Å². The molecule has 3 heterocycles. The number of benzene rings is 2. The Balaban J connectivity index is 1.53. The van der Waals surface area contributed by atoms with E-state index < -0.39 is 0 Å². The number of ether oxygens (including phenoxy) is 1. The molecule has 0 saturated heterocycles. The summed E-state index contributed by atoms with van der Waals surface area (Å²) < 4.78 is 10.9. The molecule has 0 saturated carbocycles. The van der Waals surface area contributed by atoms with E-state index in [9.17, 15) is 0 Å². The van der Waals surface area contributed by atoms with Gasteiger partial charge in [-0.25, -0.2) is 9.97 Å². The first-order valence-corrected chi connectivity index (χ1v) is 9.29. The number of aromatic nitrogens is 4. The van der Waals surface area contributed by atoms with Gasteiger partial charge < -0.3 is 15.0 Å². The lowest BCUT2D eigenvalue weighted by Gasteiger charge is -2.05. The summed E-state index contributed by atoms with van der Waals surface area (Å²) in [6.07, 6.45) is 5.13. The molecule has 0 aliphatic carbocycles. The van der Waals surface area contributed by atoms with Gasteiger partial charge in [0.25, 0.3) is 0 Å². The molecule has 3 aromatic heterocycles. The van der Waals surface area contributed by atoms with Crippen molar-refractivity contribution < 1.29 is 9.26 Å². The standard InChI is InChI=1S/C23H17N5O2/c1-29-18-10-17(12-25-13-18)14-2-4-15(5-3-14)22-19-11-16(6-7-21(19)28-30-22)20-8-9-26-23(24)27-20/h2-13H,1H3,(H2,24,26,27). The number of anilines is 1. The van der Waals surface area contributed by atoms with E-state index in [0.29, 0.717) is 5.76 Å². The predicted octanol–water partition coefficient (Wildman–Crippen LogP) is 4.60. The van der Waals surface area contributed by atoms with Gasteiger partial charge in [0, 0.05) is 29.1 Å². The zero-order valence-corrected chi connectivity index (χ0v) is 16.1. The molecular weight excluding hydrogens is 378 g/mol. The largest absolute Gasteiger partial charge is 0.495 e. The van der Waals surface area contributed by atoms with Gasteiger partial charge >= 0.3 is 0 Å². The van der Waals surface area contributed by atoms with Crippen LogP contribution in [0, 0.1) is 0 Å². The van der Waals surface area contributed by atoms with Crippen LogP contribution in [0.5, 0.6) is 5.75 Å². The van der Waals surface area contributed by atoms with E-state index in [0.717, 1.165) is 44.6 Å². The van der Waals surface area contributed by atoms with Crippen molar-refractivity contribution in [2.75, 3.05) is 12.8 Å². The number of hydrogen-bond acceptors (Lipinski definition) is 7. The average molecular weight is 395 g/mol. The van der Waals surface area contributed by atoms with Gasteiger partial charge in [-0.15, -0.1) is 0 Å². The van der Waals surface area contributed by atoms with Gasteiger partial charge in [-0.3, -0.25) is 4.98 Å². The molecular formula is C23H17N5O2. The molecule has 7 heteroatoms. The van der Waals surface area contributed by atoms with Crippen LogP contribution < -0.4 is 10.5 Å². The second-order valence-electron chi connectivity index (χ2n) is 6.73. The van der Waals surface area contributed by atoms with Crippen molar-refractivity contribution in [2.45, 2.75) is 0 Å². The smallest absolute Gasteiger partial charge is 0.220 e. The molecule has 0 fully saturated rings. The third-order valence-corrected chi connectivity index (χ3v) is 4.88. The van der Waals surface area contributed by atoms with Crippen molar-refractivity contribution in [3.05, 3.63) is 73.2 Å². The van der Waals surface area contributed by atoms with Crippen LogP contribution in [0.4, 0.5) is 5.95 Å². The molecule has 2 aromatic carbocycles. The SMILES string of the molecule is COc1cncc(-c2ccc(-c3onc4ccc(-c5ccnc(N)n5)cc34)cc2)c1. The molecule has 30 heavy (non-hydrogen) atoms. The molecule has 0 spiro atoms. The van der Waals surface area contributed by atoms with Crippen molar-refractivity contribution in [1.29, 1.82) is 0 Å². The average Bonchev–Trinajstić information content (AvgIpc) is 3.22. The lowest BCUT2D eigenvalue weighted by Crippen LogP contribution is -1.95. The Morgan fingerprint density at radius 2 is 1.67 bits per heavy atom. The summed E-state index contributed by atoms with van der Waals surface area (Å²) in [4.78, 5) is 12.5. The number of methoxy groups -OCH3 is 1. The highest BCUT2D eigenvalue weighted by Gasteiger charge is 2.13. The first-order valence-electron chi connectivity index (χ1n) is 9.29. The number of nitrogen functional groups attached to an aromatic ring is 1. The Morgan fingerprint density at radius 3 is 2.47 bits per heavy atom. The molecule has 0 unspecified atom stereocenters. The monoisotopic (exact) mass is 395 g/mol. The van der Waals surface area contributed by atoms with Crippen LogP contribution in [0.2, 0.25) is 0 Å². The van der Waals surface area contributed by atoms with Crippen molar-refractivity contribution in [1.82, 2.24) is 20.1 Å². The lowest BCUT2D eigenvalue weighted by molar-refractivity contribution is 0.413. The number of fused-ring (bicyclic) bond motifs is 1. The summed E-state index contributed by atoms with van der Waals surface area (Å²) >= 11 is 0. The van der Waals surface area contributed by atoms with Crippen LogP contribution in [-0.4, -0.2) is 27.2 Å². The fourth-order valence-corrected chi connectivity index (χ4v) is 3.35. The third-order valence-electron chi connectivity index (χ3n) is 4.88. The molecule has 0 radical (unpaired) electrons. The van der Waals surface area contributed by atoms with Crippen LogP contribution in [0.25, 0.3) is 44.6 Å². The maximum Gasteiger partial charge on any atom is 0.220 e. The first-order chi connectivity index (χ1) is 14.7. The zero-order valence-electron chi connectivity index (χ0n) is 16.1. The fourth-order valence-electron chi connectivity index (χ4n) is 3.35. The van der Waals surface area contributed by atoms with Gasteiger partial charge in [-0.1, -0.05) is 35.5 Å². The topological polar surface area (TPSA) is 100.0 Å². The summed E-state index contributed by atoms with van der Waals surface area (Å²) in [6, 6.07) is 17.7. The predicted molar refractivity (Wildman–Crippen MR) is 115 cm³/mol. The molecule has 0 amide bonds. The van der Waals surface area contributed by atoms with Gasteiger partial charge in [-0.2, -0.15) is 0 Å². The summed E-state index contributed by atoms with van der Waals surface area (Å²) in [7, 11) is 1.63. The van der Waals surface area contributed by atoms with Crippen molar-refractivity contribution in [3.8, 4) is 39.5 Å². The van der Waals surface area contributed by atoms with Gasteiger partial charge in [-0.05, 0) is 29.8 Å². The molecule has 5 aromatic rings. The quantitative estimate of drug-likeness (QED) is 0.474. The number of hydrogen-bond donors (Lipinski definition) is 1. The third kappa shape index (κ3) is 3.22. The number of pyridine rings is 1. The van der Waals surface area contributed by atoms with Gasteiger partial charge in [0.1, 0.15) is 11.3 Å². The Morgan fingerprint density at radius 1 is 0.867 bits per heavy atom. The van der Waals surface area contributed by atoms with E-state index >= 15 is 0 Å². The highest BCUT2D eigenvalue weighted by molar-refractivity contribution is 5.94. The van der Waals surface area contributed by atoms with Crippen LogP contribution in [0.3, 0.4) is 0 Å². The van der Waals surface area contributed by atoms with Crippen molar-refractivity contribution in [3.63, 3.8) is 0 Å². The van der Waals surface area contributed by atoms with E-state index in [1.807, 2.05) is 54.6 Å². The summed E-state index contributed by atoms with van der Waals surface area (Å²) in [5, 5.41) is 5.09. The minimum atomic E-state index is 0.237. The molecule has 0 atom stereocenters. The molecule has 2 N–H and O–H groups in total. The van der Waals surface area contributed by atoms with Crippen LogP contribution in [0.15, 0.2) is 77.7 Å². The second kappa shape index (κ2) is 7.29. The van der Waals surface area contributed by atoms with E-state index in [2.05, 4.69) is 20.1 Å². The number of rotatable bonds is 4. The maximum absolute atomic E-state index is 5.72. The minimum absolute atomic E-state index is 0.237. The molecule has 0 aliphatic heterocycles. The summed E-state index contributed by atoms with van der Waals surface area (Å²) in [5.74, 6) is 1.65. The Hall–Kier alpha value is -4.26. The Labute approximate surface area is 172 Å². The Bertz CT molecular complexity index is 1350. The normalized spacial score (nSPS) is 11.0. The van der Waals surface area contributed by atoms with E-state index in [4.69, 9.17) is 15.0 Å². The highest BCUT2D eigenvalue weighted by Crippen LogP contribution is 2.33. The first kappa shape index (κ1) is 17.8. The van der Waals surface area contributed by atoms with Crippen LogP contribution in [0.1, 0.15) is 0 Å². The van der Waals surface area contributed by atoms with Crippen LogP contribution >= 0.6 is 0 Å². The fraction of sp³-hybridized carbons (Fsp3) is 0.0435. The van der Waals surface area contributed by atoms with Crippen molar-refractivity contribution >= 4 is 16.9 Å². The van der Waals surface area contributed by atoms with Gasteiger partial charge in [0.05, 0.1) is 24.4 Å². The minimum Gasteiger partial charge on any atom is -0.495 e. The molecule has 7 nitrogen and oxygen atoms in total. The second-order valence-corrected chi connectivity index (χ2v) is 6.73.